The first-order valence-electron chi connectivity index (χ1n) is 14.4. The lowest BCUT2D eigenvalue weighted by Gasteiger charge is -2.10. The lowest BCUT2D eigenvalue weighted by atomic mass is 10.0. The smallest absolute Gasteiger partial charge is 0.164 e. The number of aromatic nitrogens is 4. The summed E-state index contributed by atoms with van der Waals surface area (Å²) in [6.07, 6.45) is 0. The molecule has 3 aromatic heterocycles. The summed E-state index contributed by atoms with van der Waals surface area (Å²) in [5, 5.41) is 5.29. The number of benzene rings is 6. The molecule has 6 heteroatoms. The van der Waals surface area contributed by atoms with Crippen LogP contribution in [-0.2, 0) is 0 Å². The van der Waals surface area contributed by atoms with Gasteiger partial charge in [0.25, 0.3) is 0 Å². The van der Waals surface area contributed by atoms with Gasteiger partial charge in [-0.2, -0.15) is 0 Å². The quantitative estimate of drug-likeness (QED) is 0.207. The Bertz CT molecular complexity index is 2500. The summed E-state index contributed by atoms with van der Waals surface area (Å²) < 4.78 is 7.51. The minimum atomic E-state index is 0.597. The first kappa shape index (κ1) is 24.8. The Kier molecular flexibility index (Phi) is 5.61. The summed E-state index contributed by atoms with van der Waals surface area (Å²) in [6.45, 7) is 0. The zero-order chi connectivity index (χ0) is 29.0. The second-order valence-electron chi connectivity index (χ2n) is 10.7. The number of fused-ring (bicyclic) bond motifs is 6. The topological polar surface area (TPSA) is 64.7 Å². The van der Waals surface area contributed by atoms with Crippen molar-refractivity contribution in [3.63, 3.8) is 0 Å². The molecule has 0 N–H and O–H groups in total. The van der Waals surface area contributed by atoms with Crippen LogP contribution in [0, 0.1) is 0 Å². The van der Waals surface area contributed by atoms with E-state index in [0.717, 1.165) is 64.8 Å². The Morgan fingerprint density at radius 1 is 0.455 bits per heavy atom. The molecule has 0 saturated heterocycles. The Morgan fingerprint density at radius 3 is 1.95 bits per heavy atom. The van der Waals surface area contributed by atoms with E-state index in [1.807, 2.05) is 72.8 Å². The number of rotatable bonds is 4. The standard InChI is InChI=1S/C38H22N4OS/c1-3-11-24(12-4-1)35-40-36(27-19-18-23-10-7-8-15-26(23)22-27)42-37(41-35)28-16-9-17-30-32(28)33-31(43-30)21-20-29-34(33)44-38(39-29)25-13-5-2-6-14-25/h1-22H. The van der Waals surface area contributed by atoms with Crippen molar-refractivity contribution < 1.29 is 4.42 Å². The SMILES string of the molecule is c1ccc(-c2nc(-c3ccc4ccccc4c3)nc(-c3cccc4oc5ccc6nc(-c7ccccc7)sc6c5c34)n2)cc1. The highest BCUT2D eigenvalue weighted by Gasteiger charge is 2.21. The molecule has 0 atom stereocenters. The lowest BCUT2D eigenvalue weighted by Crippen LogP contribution is -2.00. The van der Waals surface area contributed by atoms with E-state index < -0.39 is 0 Å². The van der Waals surface area contributed by atoms with Gasteiger partial charge in [0.1, 0.15) is 16.2 Å². The van der Waals surface area contributed by atoms with E-state index in [-0.39, 0.29) is 0 Å². The third kappa shape index (κ3) is 4.07. The molecule has 9 aromatic rings. The Hall–Kier alpha value is -5.72. The van der Waals surface area contributed by atoms with Crippen LogP contribution >= 0.6 is 11.3 Å². The highest BCUT2D eigenvalue weighted by molar-refractivity contribution is 7.22. The molecule has 9 rings (SSSR count). The number of hydrogen-bond donors (Lipinski definition) is 0. The van der Waals surface area contributed by atoms with E-state index in [4.69, 9.17) is 24.4 Å². The lowest BCUT2D eigenvalue weighted by molar-refractivity contribution is 0.669. The fourth-order valence-electron chi connectivity index (χ4n) is 5.85. The van der Waals surface area contributed by atoms with Crippen LogP contribution in [0.5, 0.6) is 0 Å². The van der Waals surface area contributed by atoms with Gasteiger partial charge in [-0.05, 0) is 35.0 Å². The molecule has 44 heavy (non-hydrogen) atoms. The minimum Gasteiger partial charge on any atom is -0.456 e. The number of furan rings is 1. The summed E-state index contributed by atoms with van der Waals surface area (Å²) in [5.41, 5.74) is 6.40. The number of nitrogens with zero attached hydrogens (tertiary/aromatic N) is 4. The molecule has 206 valence electrons. The maximum Gasteiger partial charge on any atom is 0.164 e. The van der Waals surface area contributed by atoms with E-state index in [9.17, 15) is 0 Å². The molecule has 0 radical (unpaired) electrons. The molecule has 0 bridgehead atoms. The van der Waals surface area contributed by atoms with Crippen LogP contribution in [0.4, 0.5) is 0 Å². The molecule has 0 fully saturated rings. The highest BCUT2D eigenvalue weighted by atomic mass is 32.1. The molecule has 0 aliphatic rings. The van der Waals surface area contributed by atoms with Gasteiger partial charge < -0.3 is 4.42 Å². The molecule has 0 aliphatic carbocycles. The molecule has 0 aliphatic heterocycles. The second-order valence-corrected chi connectivity index (χ2v) is 11.7. The monoisotopic (exact) mass is 582 g/mol. The Balaban J connectivity index is 1.31. The van der Waals surface area contributed by atoms with Gasteiger partial charge >= 0.3 is 0 Å². The van der Waals surface area contributed by atoms with Gasteiger partial charge in [0, 0.05) is 33.0 Å². The third-order valence-electron chi connectivity index (χ3n) is 7.95. The van der Waals surface area contributed by atoms with E-state index in [0.29, 0.717) is 17.5 Å². The zero-order valence-electron chi connectivity index (χ0n) is 23.3. The maximum atomic E-state index is 6.42. The Morgan fingerprint density at radius 2 is 1.14 bits per heavy atom. The Labute approximate surface area is 256 Å². The largest absolute Gasteiger partial charge is 0.456 e. The zero-order valence-corrected chi connectivity index (χ0v) is 24.1. The van der Waals surface area contributed by atoms with Crippen molar-refractivity contribution >= 4 is 54.3 Å². The molecule has 0 amide bonds. The van der Waals surface area contributed by atoms with Crippen LogP contribution in [0.1, 0.15) is 0 Å². The van der Waals surface area contributed by atoms with Crippen LogP contribution < -0.4 is 0 Å². The molecule has 6 aromatic carbocycles. The fourth-order valence-corrected chi connectivity index (χ4v) is 6.96. The molecule has 3 heterocycles. The van der Waals surface area contributed by atoms with Gasteiger partial charge in [0.15, 0.2) is 17.5 Å². The normalized spacial score (nSPS) is 11.6. The molecular formula is C38H22N4OS. The van der Waals surface area contributed by atoms with Crippen LogP contribution in [-0.4, -0.2) is 19.9 Å². The van der Waals surface area contributed by atoms with Crippen LogP contribution in [0.2, 0.25) is 0 Å². The predicted octanol–water partition coefficient (Wildman–Crippen LogP) is 10.2. The van der Waals surface area contributed by atoms with E-state index in [2.05, 4.69) is 60.7 Å². The minimum absolute atomic E-state index is 0.597. The first-order chi connectivity index (χ1) is 21.8. The van der Waals surface area contributed by atoms with Gasteiger partial charge in [-0.15, -0.1) is 11.3 Å². The van der Waals surface area contributed by atoms with Crippen molar-refractivity contribution in [1.82, 2.24) is 19.9 Å². The summed E-state index contributed by atoms with van der Waals surface area (Å²) in [4.78, 5) is 20.1. The second kappa shape index (κ2) is 9.93. The number of hydrogen-bond acceptors (Lipinski definition) is 6. The van der Waals surface area contributed by atoms with Crippen molar-refractivity contribution in [2.45, 2.75) is 0 Å². The molecule has 5 nitrogen and oxygen atoms in total. The van der Waals surface area contributed by atoms with Gasteiger partial charge in [-0.1, -0.05) is 109 Å². The molecule has 0 saturated carbocycles. The van der Waals surface area contributed by atoms with Crippen molar-refractivity contribution in [2.24, 2.45) is 0 Å². The van der Waals surface area contributed by atoms with Crippen LogP contribution in [0.25, 0.3) is 87.7 Å². The van der Waals surface area contributed by atoms with Crippen molar-refractivity contribution in [3.8, 4) is 44.7 Å². The average molecular weight is 583 g/mol. The average Bonchev–Trinajstić information content (AvgIpc) is 3.70. The molecular weight excluding hydrogens is 561 g/mol. The van der Waals surface area contributed by atoms with Crippen LogP contribution in [0.3, 0.4) is 0 Å². The van der Waals surface area contributed by atoms with Crippen molar-refractivity contribution in [1.29, 1.82) is 0 Å². The summed E-state index contributed by atoms with van der Waals surface area (Å²) in [7, 11) is 0. The fraction of sp³-hybridized carbons (Fsp3) is 0. The van der Waals surface area contributed by atoms with Crippen LogP contribution in [0.15, 0.2) is 138 Å². The molecule has 0 unspecified atom stereocenters. The number of thiazole rings is 1. The van der Waals surface area contributed by atoms with Gasteiger partial charge in [-0.25, -0.2) is 19.9 Å². The summed E-state index contributed by atoms with van der Waals surface area (Å²) in [6, 6.07) is 45.2. The predicted molar refractivity (Wildman–Crippen MR) is 180 cm³/mol. The summed E-state index contributed by atoms with van der Waals surface area (Å²) in [5.74, 6) is 1.84. The highest BCUT2D eigenvalue weighted by Crippen LogP contribution is 2.43. The van der Waals surface area contributed by atoms with E-state index in [1.165, 1.54) is 5.39 Å². The van der Waals surface area contributed by atoms with Gasteiger partial charge in [0.2, 0.25) is 0 Å². The van der Waals surface area contributed by atoms with Crippen molar-refractivity contribution in [2.75, 3.05) is 0 Å². The first-order valence-corrected chi connectivity index (χ1v) is 15.2. The summed E-state index contributed by atoms with van der Waals surface area (Å²) >= 11 is 1.68. The third-order valence-corrected chi connectivity index (χ3v) is 9.09. The van der Waals surface area contributed by atoms with Gasteiger partial charge in [0.05, 0.1) is 10.2 Å². The maximum absolute atomic E-state index is 6.42. The van der Waals surface area contributed by atoms with Gasteiger partial charge in [-0.3, -0.25) is 0 Å². The molecule has 0 spiro atoms. The van der Waals surface area contributed by atoms with E-state index in [1.54, 1.807) is 11.3 Å². The van der Waals surface area contributed by atoms with Crippen molar-refractivity contribution in [3.05, 3.63) is 133 Å². The van der Waals surface area contributed by atoms with E-state index >= 15 is 0 Å².